The van der Waals surface area contributed by atoms with Crippen molar-refractivity contribution in [2.75, 3.05) is 0 Å². The summed E-state index contributed by atoms with van der Waals surface area (Å²) in [4.78, 5) is 22.9. The minimum Gasteiger partial charge on any atom is -0.507 e. The van der Waals surface area contributed by atoms with E-state index in [1.54, 1.807) is 6.07 Å². The molecule has 9 nitrogen and oxygen atoms in total. The summed E-state index contributed by atoms with van der Waals surface area (Å²) in [7, 11) is 0. The Hall–Kier alpha value is -3.75. The zero-order valence-corrected chi connectivity index (χ0v) is 17.7. The van der Waals surface area contributed by atoms with E-state index in [1.165, 1.54) is 24.3 Å². The fourth-order valence-corrected chi connectivity index (χ4v) is 2.97. The number of esters is 1. The van der Waals surface area contributed by atoms with E-state index in [9.17, 15) is 20.0 Å². The number of benzene rings is 2. The molecule has 0 saturated heterocycles. The van der Waals surface area contributed by atoms with Crippen LogP contribution in [0, 0.1) is 10.1 Å². The van der Waals surface area contributed by atoms with E-state index in [-0.39, 0.29) is 47.2 Å². The normalized spacial score (nSPS) is 11.2. The molecule has 162 valence electrons. The third-order valence-electron chi connectivity index (χ3n) is 4.79. The number of hydrogen-bond donors (Lipinski definition) is 1. The summed E-state index contributed by atoms with van der Waals surface area (Å²) < 4.78 is 10.8. The lowest BCUT2D eigenvalue weighted by molar-refractivity contribution is -0.384. The van der Waals surface area contributed by atoms with Crippen LogP contribution in [0.15, 0.2) is 40.8 Å². The number of ether oxygens (including phenoxy) is 1. The highest BCUT2D eigenvalue weighted by Gasteiger charge is 2.21. The van der Waals surface area contributed by atoms with E-state index in [2.05, 4.69) is 10.2 Å². The first-order valence-electron chi connectivity index (χ1n) is 9.78. The van der Waals surface area contributed by atoms with Gasteiger partial charge in [0.2, 0.25) is 5.89 Å². The number of rotatable bonds is 7. The smallest absolute Gasteiger partial charge is 0.342 e. The van der Waals surface area contributed by atoms with Gasteiger partial charge in [0.15, 0.2) is 6.61 Å². The van der Waals surface area contributed by atoms with Gasteiger partial charge in [-0.25, -0.2) is 4.79 Å². The van der Waals surface area contributed by atoms with E-state index in [1.807, 2.05) is 33.8 Å². The van der Waals surface area contributed by atoms with E-state index in [4.69, 9.17) is 9.15 Å². The summed E-state index contributed by atoms with van der Waals surface area (Å²) in [6.45, 7) is 7.60. The summed E-state index contributed by atoms with van der Waals surface area (Å²) in [6, 6.07) is 9.17. The van der Waals surface area contributed by atoms with Crippen LogP contribution in [0.1, 0.15) is 66.9 Å². The number of nitrogens with zero attached hydrogens (tertiary/aromatic N) is 3. The summed E-state index contributed by atoms with van der Waals surface area (Å²) >= 11 is 0. The molecule has 0 aliphatic rings. The minimum absolute atomic E-state index is 0.0328. The monoisotopic (exact) mass is 425 g/mol. The van der Waals surface area contributed by atoms with Crippen molar-refractivity contribution in [1.29, 1.82) is 0 Å². The number of carbonyl (C=O) groups excluding carboxylic acids is 1. The van der Waals surface area contributed by atoms with Gasteiger partial charge < -0.3 is 14.3 Å². The Morgan fingerprint density at radius 2 is 1.81 bits per heavy atom. The number of nitro groups is 1. The van der Waals surface area contributed by atoms with Gasteiger partial charge in [0.1, 0.15) is 11.3 Å². The number of nitro benzene ring substituents is 1. The molecule has 0 fully saturated rings. The molecular formula is C22H23N3O6. The number of hydrogen-bond acceptors (Lipinski definition) is 8. The highest BCUT2D eigenvalue weighted by molar-refractivity contribution is 5.93. The molecule has 0 aliphatic carbocycles. The second-order valence-electron chi connectivity index (χ2n) is 7.70. The van der Waals surface area contributed by atoms with Crippen LogP contribution in [-0.2, 0) is 11.3 Å². The Morgan fingerprint density at radius 3 is 2.39 bits per heavy atom. The lowest BCUT2D eigenvalue weighted by Crippen LogP contribution is -2.09. The van der Waals surface area contributed by atoms with Crippen molar-refractivity contribution < 1.29 is 24.0 Å². The van der Waals surface area contributed by atoms with Crippen LogP contribution in [0.25, 0.3) is 11.5 Å². The summed E-state index contributed by atoms with van der Waals surface area (Å²) in [5.74, 6) is -0.383. The van der Waals surface area contributed by atoms with Crippen molar-refractivity contribution in [3.05, 3.63) is 69.1 Å². The number of aromatic nitrogens is 2. The van der Waals surface area contributed by atoms with Crippen LogP contribution in [0.3, 0.4) is 0 Å². The first-order chi connectivity index (χ1) is 14.7. The highest BCUT2D eigenvalue weighted by Crippen LogP contribution is 2.33. The van der Waals surface area contributed by atoms with Crippen molar-refractivity contribution in [1.82, 2.24) is 10.2 Å². The zero-order chi connectivity index (χ0) is 22.7. The lowest BCUT2D eigenvalue weighted by Gasteiger charge is -2.16. The molecule has 1 aromatic heterocycles. The minimum atomic E-state index is -0.697. The highest BCUT2D eigenvalue weighted by atomic mass is 16.6. The van der Waals surface area contributed by atoms with E-state index in [0.29, 0.717) is 11.1 Å². The van der Waals surface area contributed by atoms with Gasteiger partial charge in [-0.2, -0.15) is 0 Å². The topological polar surface area (TPSA) is 129 Å². The van der Waals surface area contributed by atoms with Crippen molar-refractivity contribution in [3.8, 4) is 17.2 Å². The number of aromatic hydroxyl groups is 1. The molecule has 2 aromatic carbocycles. The maximum Gasteiger partial charge on any atom is 0.342 e. The fraction of sp³-hybridized carbons (Fsp3) is 0.318. The van der Waals surface area contributed by atoms with Crippen molar-refractivity contribution in [3.63, 3.8) is 0 Å². The third kappa shape index (κ3) is 4.88. The van der Waals surface area contributed by atoms with Gasteiger partial charge in [0, 0.05) is 17.7 Å². The Balaban J connectivity index is 1.75. The molecule has 0 radical (unpaired) electrons. The summed E-state index contributed by atoms with van der Waals surface area (Å²) in [5.41, 5.74) is 2.13. The molecule has 3 rings (SSSR count). The van der Waals surface area contributed by atoms with Gasteiger partial charge in [-0.3, -0.25) is 10.1 Å². The molecule has 0 bridgehead atoms. The molecule has 3 aromatic rings. The first-order valence-corrected chi connectivity index (χ1v) is 9.78. The van der Waals surface area contributed by atoms with Gasteiger partial charge in [0.25, 0.3) is 11.6 Å². The van der Waals surface area contributed by atoms with Gasteiger partial charge in [-0.1, -0.05) is 33.8 Å². The lowest BCUT2D eigenvalue weighted by atomic mass is 9.92. The second kappa shape index (κ2) is 8.95. The predicted molar refractivity (Wildman–Crippen MR) is 112 cm³/mol. The third-order valence-corrected chi connectivity index (χ3v) is 4.79. The Labute approximate surface area is 178 Å². The largest absolute Gasteiger partial charge is 0.507 e. The Bertz CT molecular complexity index is 1100. The number of carbonyl (C=O) groups is 1. The maximum atomic E-state index is 12.6. The molecule has 9 heteroatoms. The molecule has 1 heterocycles. The van der Waals surface area contributed by atoms with E-state index in [0.717, 1.165) is 5.56 Å². The van der Waals surface area contributed by atoms with Crippen molar-refractivity contribution >= 4 is 11.7 Å². The Kier molecular flexibility index (Phi) is 6.33. The van der Waals surface area contributed by atoms with Crippen LogP contribution >= 0.6 is 0 Å². The predicted octanol–water partition coefficient (Wildman–Crippen LogP) is 4.95. The number of phenols is 1. The quantitative estimate of drug-likeness (QED) is 0.320. The molecule has 1 N–H and O–H groups in total. The van der Waals surface area contributed by atoms with Gasteiger partial charge in [-0.15, -0.1) is 10.2 Å². The Morgan fingerprint density at radius 1 is 1.13 bits per heavy atom. The molecule has 0 atom stereocenters. The van der Waals surface area contributed by atoms with E-state index < -0.39 is 10.9 Å². The number of non-ortho nitro benzene ring substituents is 1. The van der Waals surface area contributed by atoms with Crippen LogP contribution < -0.4 is 0 Å². The molecular weight excluding hydrogens is 402 g/mol. The summed E-state index contributed by atoms with van der Waals surface area (Å²) in [6.07, 6.45) is 0. The van der Waals surface area contributed by atoms with Crippen LogP contribution in [-0.4, -0.2) is 26.2 Å². The first kappa shape index (κ1) is 21.9. The average Bonchev–Trinajstić information content (AvgIpc) is 3.21. The number of phenolic OH excluding ortho intramolecular Hbond substituents is 1. The van der Waals surface area contributed by atoms with Crippen LogP contribution in [0.2, 0.25) is 0 Å². The van der Waals surface area contributed by atoms with Gasteiger partial charge in [-0.05, 0) is 41.2 Å². The zero-order valence-electron chi connectivity index (χ0n) is 17.7. The molecule has 0 saturated carbocycles. The summed E-state index contributed by atoms with van der Waals surface area (Å²) in [5, 5.41) is 29.0. The van der Waals surface area contributed by atoms with E-state index >= 15 is 0 Å². The molecule has 0 amide bonds. The molecule has 0 unspecified atom stereocenters. The second-order valence-corrected chi connectivity index (χ2v) is 7.70. The van der Waals surface area contributed by atoms with Gasteiger partial charge >= 0.3 is 5.97 Å². The molecule has 0 spiro atoms. The fourth-order valence-electron chi connectivity index (χ4n) is 2.97. The molecule has 0 aliphatic heterocycles. The average molecular weight is 425 g/mol. The SMILES string of the molecule is CC(C)c1cc(C(=O)OCc2nnc(-c3ccc([N+](=O)[O-])cc3)o2)c(O)c(C(C)C)c1. The van der Waals surface area contributed by atoms with Crippen molar-refractivity contribution in [2.24, 2.45) is 0 Å². The molecule has 31 heavy (non-hydrogen) atoms. The standard InChI is InChI=1S/C22H23N3O6/c1-12(2)15-9-17(13(3)4)20(26)18(10-15)22(27)30-11-19-23-24-21(31-19)14-5-7-16(8-6-14)25(28)29/h5-10,12-13,26H,11H2,1-4H3. The van der Waals surface area contributed by atoms with Gasteiger partial charge in [0.05, 0.1) is 4.92 Å². The van der Waals surface area contributed by atoms with Crippen molar-refractivity contribution in [2.45, 2.75) is 46.1 Å². The van der Waals surface area contributed by atoms with Crippen LogP contribution in [0.5, 0.6) is 5.75 Å². The maximum absolute atomic E-state index is 12.6. The van der Waals surface area contributed by atoms with Crippen LogP contribution in [0.4, 0.5) is 5.69 Å².